The second-order valence-electron chi connectivity index (χ2n) is 1.93. The van der Waals surface area contributed by atoms with Crippen molar-refractivity contribution < 1.29 is 20.3 Å². The van der Waals surface area contributed by atoms with Gasteiger partial charge in [-0.05, 0) is 17.7 Å². The summed E-state index contributed by atoms with van der Waals surface area (Å²) in [6.45, 7) is 4.46. The molecular formula is C9H18F3NO. The van der Waals surface area contributed by atoms with Gasteiger partial charge in [0.2, 0.25) is 0 Å². The van der Waals surface area contributed by atoms with Crippen molar-refractivity contribution >= 4 is 0 Å². The lowest BCUT2D eigenvalue weighted by Crippen LogP contribution is -1.94. The van der Waals surface area contributed by atoms with Crippen LogP contribution < -0.4 is 10.7 Å². The lowest BCUT2D eigenvalue weighted by molar-refractivity contribution is -0.00622. The molecule has 0 heterocycles. The minimum absolute atomic E-state index is 0. The number of hydrogen-bond donors (Lipinski definition) is 1. The van der Waals surface area contributed by atoms with E-state index in [1.165, 1.54) is 12.1 Å². The maximum absolute atomic E-state index is 11.4. The Bertz CT molecular complexity index is 186. The third-order valence-electron chi connectivity index (χ3n) is 1.25. The Kier molecular flexibility index (Phi) is 15.6. The third kappa shape index (κ3) is 6.30. The van der Waals surface area contributed by atoms with Gasteiger partial charge in [-0.15, -0.1) is 0 Å². The van der Waals surface area contributed by atoms with E-state index in [2.05, 4.69) is 4.94 Å². The molecule has 2 N–H and O–H groups in total. The Balaban J connectivity index is -0.000000114. The molecule has 0 aliphatic heterocycles. The fraction of sp³-hybridized carbons (Fsp3) is 0.333. The smallest absolute Gasteiger partial charge is 0.171 e. The van der Waals surface area contributed by atoms with E-state index in [9.17, 15) is 4.53 Å². The Morgan fingerprint density at radius 3 is 1.93 bits per heavy atom. The van der Waals surface area contributed by atoms with E-state index in [-0.39, 0.29) is 16.6 Å². The molecule has 0 fully saturated rings. The summed E-state index contributed by atoms with van der Waals surface area (Å²) in [5.41, 5.74) is 6.27. The predicted molar refractivity (Wildman–Crippen MR) is 54.5 cm³/mol. The normalized spacial score (nSPS) is 7.14. The molecule has 2 nitrogen and oxygen atoms in total. The number of halogens is 3. The predicted octanol–water partition coefficient (Wildman–Crippen LogP) is 2.99. The van der Waals surface area contributed by atoms with Gasteiger partial charge in [-0.3, -0.25) is 14.4 Å². The van der Waals surface area contributed by atoms with E-state index in [0.29, 0.717) is 6.54 Å². The number of rotatable bonds is 2. The zero-order valence-corrected chi connectivity index (χ0v) is 8.20. The first-order valence-corrected chi connectivity index (χ1v) is 3.94. The molecule has 0 aliphatic carbocycles. The Hall–Kier alpha value is -1.23. The fourth-order valence-electron chi connectivity index (χ4n) is 0.677. The molecule has 0 amide bonds. The van der Waals surface area contributed by atoms with Gasteiger partial charge in [0, 0.05) is 12.5 Å². The molecule has 14 heavy (non-hydrogen) atoms. The summed E-state index contributed by atoms with van der Waals surface area (Å²) >= 11 is 0. The summed E-state index contributed by atoms with van der Waals surface area (Å²) in [5.74, 6) is 0.206. The van der Waals surface area contributed by atoms with Crippen molar-refractivity contribution in [2.75, 3.05) is 0 Å². The summed E-state index contributed by atoms with van der Waals surface area (Å²) in [5, 5.41) is 0. The number of nitrogens with two attached hydrogens (primary N) is 1. The highest BCUT2D eigenvalue weighted by Crippen LogP contribution is 2.11. The topological polar surface area (TPSA) is 35.2 Å². The van der Waals surface area contributed by atoms with Gasteiger partial charge in [0.25, 0.3) is 0 Å². The first kappa shape index (κ1) is 18.5. The molecule has 0 atom stereocenters. The molecule has 0 unspecified atom stereocenters. The van der Waals surface area contributed by atoms with Crippen LogP contribution in [0.1, 0.15) is 20.8 Å². The van der Waals surface area contributed by atoms with Gasteiger partial charge < -0.3 is 5.73 Å². The van der Waals surface area contributed by atoms with Crippen molar-refractivity contribution in [1.29, 1.82) is 0 Å². The minimum atomic E-state index is 0. The van der Waals surface area contributed by atoms with Crippen LogP contribution in [0.3, 0.4) is 0 Å². The van der Waals surface area contributed by atoms with Crippen LogP contribution >= 0.6 is 0 Å². The van der Waals surface area contributed by atoms with Crippen LogP contribution in [0, 0.1) is 0 Å². The van der Waals surface area contributed by atoms with Crippen molar-refractivity contribution in [3.05, 3.63) is 29.8 Å². The largest absolute Gasteiger partial charge is 0.326 e. The SMILES string of the molecule is CC.F.F.NCc1ccc(OF)cc1.[HH]. The van der Waals surface area contributed by atoms with Crippen LogP contribution in [0.4, 0.5) is 13.9 Å². The average Bonchev–Trinajstić information content (AvgIpc) is 2.21. The summed E-state index contributed by atoms with van der Waals surface area (Å²) in [4.78, 5) is 3.47. The Morgan fingerprint density at radius 2 is 1.64 bits per heavy atom. The molecule has 0 aliphatic rings. The minimum Gasteiger partial charge on any atom is -0.326 e. The third-order valence-corrected chi connectivity index (χ3v) is 1.25. The van der Waals surface area contributed by atoms with Crippen molar-refractivity contribution in [2.24, 2.45) is 5.73 Å². The highest BCUT2D eigenvalue weighted by molar-refractivity contribution is 5.26. The number of hydrogen-bond acceptors (Lipinski definition) is 2. The van der Waals surface area contributed by atoms with Crippen LogP contribution in [0.25, 0.3) is 0 Å². The second kappa shape index (κ2) is 11.8. The molecule has 0 saturated heterocycles. The molecule has 0 bridgehead atoms. The zero-order valence-electron chi connectivity index (χ0n) is 8.20. The van der Waals surface area contributed by atoms with Gasteiger partial charge in [-0.1, -0.05) is 26.0 Å². The van der Waals surface area contributed by atoms with Crippen LogP contribution in [-0.2, 0) is 6.54 Å². The lowest BCUT2D eigenvalue weighted by atomic mass is 10.2. The molecule has 0 radical (unpaired) electrons. The monoisotopic (exact) mass is 213 g/mol. The first-order chi connectivity index (χ1) is 5.86. The molecule has 0 aromatic heterocycles. The maximum atomic E-state index is 11.4. The molecule has 5 heteroatoms. The fourth-order valence-corrected chi connectivity index (χ4v) is 0.677. The number of benzene rings is 1. The van der Waals surface area contributed by atoms with Gasteiger partial charge >= 0.3 is 0 Å². The van der Waals surface area contributed by atoms with E-state index in [1.807, 2.05) is 13.8 Å². The second-order valence-corrected chi connectivity index (χ2v) is 1.93. The standard InChI is InChI=1S/C7H8FNO.C2H6.2FH.H2/c8-10-7-3-1-6(5-9)2-4-7;1-2;;;/h1-4H,5,9H2;1-2H3;3*1H. The van der Waals surface area contributed by atoms with Gasteiger partial charge in [-0.25, -0.2) is 0 Å². The van der Waals surface area contributed by atoms with Gasteiger partial charge in [0.05, 0.1) is 0 Å². The quantitative estimate of drug-likeness (QED) is 0.819. The van der Waals surface area contributed by atoms with Crippen LogP contribution in [0.2, 0.25) is 0 Å². The van der Waals surface area contributed by atoms with Crippen molar-refractivity contribution in [2.45, 2.75) is 20.4 Å². The van der Waals surface area contributed by atoms with Crippen molar-refractivity contribution in [3.8, 4) is 5.75 Å². The summed E-state index contributed by atoms with van der Waals surface area (Å²) in [6.07, 6.45) is 0. The van der Waals surface area contributed by atoms with E-state index in [1.54, 1.807) is 12.1 Å². The van der Waals surface area contributed by atoms with Crippen molar-refractivity contribution in [1.82, 2.24) is 0 Å². The van der Waals surface area contributed by atoms with Crippen molar-refractivity contribution in [3.63, 3.8) is 0 Å². The molecule has 1 aromatic rings. The van der Waals surface area contributed by atoms with Crippen LogP contribution in [-0.4, -0.2) is 0 Å². The van der Waals surface area contributed by atoms with E-state index in [0.717, 1.165) is 5.56 Å². The lowest BCUT2D eigenvalue weighted by Gasteiger charge is -1.95. The Labute approximate surface area is 83.0 Å². The van der Waals surface area contributed by atoms with E-state index < -0.39 is 0 Å². The molecule has 86 valence electrons. The zero-order chi connectivity index (χ0) is 9.40. The molecule has 0 saturated carbocycles. The van der Waals surface area contributed by atoms with Gasteiger partial charge in [0.1, 0.15) is 0 Å². The average molecular weight is 213 g/mol. The Morgan fingerprint density at radius 1 is 1.21 bits per heavy atom. The van der Waals surface area contributed by atoms with Gasteiger partial charge in [-0.2, -0.15) is 0 Å². The van der Waals surface area contributed by atoms with E-state index in [4.69, 9.17) is 5.73 Å². The molecule has 1 rings (SSSR count). The highest BCUT2D eigenvalue weighted by atomic mass is 19.3. The first-order valence-electron chi connectivity index (χ1n) is 3.94. The molecule has 1 aromatic carbocycles. The van der Waals surface area contributed by atoms with Crippen LogP contribution in [0.5, 0.6) is 5.75 Å². The highest BCUT2D eigenvalue weighted by Gasteiger charge is 1.91. The van der Waals surface area contributed by atoms with E-state index >= 15 is 0 Å². The summed E-state index contributed by atoms with van der Waals surface area (Å²) in [7, 11) is 0. The maximum Gasteiger partial charge on any atom is 0.171 e. The molecular weight excluding hydrogens is 195 g/mol. The summed E-state index contributed by atoms with van der Waals surface area (Å²) in [6, 6.07) is 6.49. The van der Waals surface area contributed by atoms with Gasteiger partial charge in [0.15, 0.2) is 5.75 Å². The van der Waals surface area contributed by atoms with Crippen LogP contribution in [0.15, 0.2) is 24.3 Å². The molecule has 0 spiro atoms. The summed E-state index contributed by atoms with van der Waals surface area (Å²) < 4.78 is 11.4.